The number of carbonyl (C=O) groups is 4. The van der Waals surface area contributed by atoms with E-state index in [0.29, 0.717) is 0 Å². The molecule has 3 N–H and O–H groups in total. The maximum absolute atomic E-state index is 12.5. The zero-order valence-electron chi connectivity index (χ0n) is 17.0. The van der Waals surface area contributed by atoms with Gasteiger partial charge in [-0.15, -0.1) is 0 Å². The molecular weight excluding hydrogens is 390 g/mol. The first-order chi connectivity index (χ1) is 14.3. The van der Waals surface area contributed by atoms with Gasteiger partial charge in [0.15, 0.2) is 11.9 Å². The molecule has 0 saturated carbocycles. The van der Waals surface area contributed by atoms with Gasteiger partial charge in [-0.2, -0.15) is 0 Å². The molecule has 0 aliphatic carbocycles. The SMILES string of the molecule is CC(C)[C@H](NC(=O)c1ccco1)C(=O)O[C@H](C)C(=O)NC(=O)NCc1ccccc1. The summed E-state index contributed by atoms with van der Waals surface area (Å²) in [5.41, 5.74) is 0.867. The van der Waals surface area contributed by atoms with E-state index in [-0.39, 0.29) is 18.2 Å². The monoisotopic (exact) mass is 415 g/mol. The van der Waals surface area contributed by atoms with Crippen LogP contribution in [0.25, 0.3) is 0 Å². The topological polar surface area (TPSA) is 127 Å². The fourth-order valence-corrected chi connectivity index (χ4v) is 2.45. The van der Waals surface area contributed by atoms with Crippen LogP contribution < -0.4 is 16.0 Å². The van der Waals surface area contributed by atoms with Crippen LogP contribution in [0.3, 0.4) is 0 Å². The fraction of sp³-hybridized carbons (Fsp3) is 0.333. The molecule has 1 aromatic carbocycles. The summed E-state index contributed by atoms with van der Waals surface area (Å²) in [6.07, 6.45) is 0.106. The minimum atomic E-state index is -1.23. The van der Waals surface area contributed by atoms with Crippen LogP contribution in [-0.4, -0.2) is 36.0 Å². The highest BCUT2D eigenvalue weighted by Gasteiger charge is 2.30. The molecule has 1 aromatic heterocycles. The van der Waals surface area contributed by atoms with Gasteiger partial charge in [-0.05, 0) is 30.5 Å². The molecule has 9 nitrogen and oxygen atoms in total. The van der Waals surface area contributed by atoms with Crippen LogP contribution in [0, 0.1) is 5.92 Å². The summed E-state index contributed by atoms with van der Waals surface area (Å²) in [5, 5.41) is 7.18. The predicted molar refractivity (Wildman–Crippen MR) is 107 cm³/mol. The molecule has 2 rings (SSSR count). The van der Waals surface area contributed by atoms with Crippen LogP contribution in [0.1, 0.15) is 36.9 Å². The summed E-state index contributed by atoms with van der Waals surface area (Å²) in [6.45, 7) is 5.01. The number of hydrogen-bond donors (Lipinski definition) is 3. The Morgan fingerprint density at radius 1 is 1.00 bits per heavy atom. The van der Waals surface area contributed by atoms with Crippen molar-refractivity contribution in [3.63, 3.8) is 0 Å². The second kappa shape index (κ2) is 10.8. The molecule has 0 aliphatic rings. The Morgan fingerprint density at radius 2 is 1.70 bits per heavy atom. The largest absolute Gasteiger partial charge is 0.459 e. The lowest BCUT2D eigenvalue weighted by molar-refractivity contribution is -0.157. The van der Waals surface area contributed by atoms with Crippen molar-refractivity contribution in [3.05, 3.63) is 60.1 Å². The van der Waals surface area contributed by atoms with E-state index < -0.39 is 36.0 Å². The minimum absolute atomic E-state index is 0.0503. The molecule has 1 heterocycles. The summed E-state index contributed by atoms with van der Waals surface area (Å²) in [6, 6.07) is 10.5. The van der Waals surface area contributed by atoms with Gasteiger partial charge in [0, 0.05) is 6.54 Å². The highest BCUT2D eigenvalue weighted by Crippen LogP contribution is 2.09. The quantitative estimate of drug-likeness (QED) is 0.566. The molecule has 0 fully saturated rings. The number of esters is 1. The second-order valence-corrected chi connectivity index (χ2v) is 6.91. The molecule has 0 unspecified atom stereocenters. The number of imide groups is 1. The average Bonchev–Trinajstić information content (AvgIpc) is 3.25. The van der Waals surface area contributed by atoms with Gasteiger partial charge in [0.1, 0.15) is 6.04 Å². The lowest BCUT2D eigenvalue weighted by atomic mass is 10.0. The molecule has 0 radical (unpaired) electrons. The average molecular weight is 415 g/mol. The predicted octanol–water partition coefficient (Wildman–Crippen LogP) is 1.99. The van der Waals surface area contributed by atoms with E-state index in [1.165, 1.54) is 19.3 Å². The first-order valence-corrected chi connectivity index (χ1v) is 9.45. The summed E-state index contributed by atoms with van der Waals surface area (Å²) < 4.78 is 10.1. The lowest BCUT2D eigenvalue weighted by Crippen LogP contribution is -2.49. The number of carbonyl (C=O) groups excluding carboxylic acids is 4. The number of amides is 4. The summed E-state index contributed by atoms with van der Waals surface area (Å²) in [5.74, 6) is -2.41. The molecule has 0 saturated heterocycles. The van der Waals surface area contributed by atoms with E-state index in [1.807, 2.05) is 30.3 Å². The molecule has 9 heteroatoms. The Balaban J connectivity index is 1.84. The number of ether oxygens (including phenoxy) is 1. The molecule has 160 valence electrons. The molecule has 0 aliphatic heterocycles. The van der Waals surface area contributed by atoms with Gasteiger partial charge in [0.05, 0.1) is 6.26 Å². The van der Waals surface area contributed by atoms with E-state index >= 15 is 0 Å². The summed E-state index contributed by atoms with van der Waals surface area (Å²) >= 11 is 0. The number of benzene rings is 1. The fourth-order valence-electron chi connectivity index (χ4n) is 2.45. The second-order valence-electron chi connectivity index (χ2n) is 6.91. The Labute approximate surface area is 174 Å². The maximum Gasteiger partial charge on any atom is 0.329 e. The normalized spacial score (nSPS) is 12.5. The Bertz CT molecular complexity index is 864. The number of nitrogens with one attached hydrogen (secondary N) is 3. The molecule has 4 amide bonds. The van der Waals surface area contributed by atoms with Gasteiger partial charge in [-0.3, -0.25) is 14.9 Å². The van der Waals surface area contributed by atoms with Gasteiger partial charge in [0.2, 0.25) is 0 Å². The third kappa shape index (κ3) is 6.77. The Hall–Kier alpha value is -3.62. The highest BCUT2D eigenvalue weighted by molar-refractivity contribution is 5.98. The number of hydrogen-bond acceptors (Lipinski definition) is 6. The standard InChI is InChI=1S/C21H25N3O6/c1-13(2)17(23-19(26)16-10-7-11-29-16)20(27)30-14(3)18(25)24-21(28)22-12-15-8-5-4-6-9-15/h4-11,13-14,17H,12H2,1-3H3,(H,23,26)(H2,22,24,25,28)/t14-,17+/m1/s1. The van der Waals surface area contributed by atoms with Crippen LogP contribution in [0.2, 0.25) is 0 Å². The number of rotatable bonds is 8. The third-order valence-electron chi connectivity index (χ3n) is 4.15. The van der Waals surface area contributed by atoms with Crippen molar-refractivity contribution >= 4 is 23.8 Å². The van der Waals surface area contributed by atoms with E-state index in [0.717, 1.165) is 5.56 Å². The van der Waals surface area contributed by atoms with Gasteiger partial charge in [-0.1, -0.05) is 44.2 Å². The molecule has 0 spiro atoms. The Morgan fingerprint density at radius 3 is 2.30 bits per heavy atom. The van der Waals surface area contributed by atoms with Crippen molar-refractivity contribution in [1.29, 1.82) is 0 Å². The molecule has 0 bridgehead atoms. The lowest BCUT2D eigenvalue weighted by Gasteiger charge is -2.22. The van der Waals surface area contributed by atoms with Crippen LogP contribution >= 0.6 is 0 Å². The molecule has 2 atom stereocenters. The van der Waals surface area contributed by atoms with Crippen LogP contribution in [-0.2, 0) is 20.9 Å². The minimum Gasteiger partial charge on any atom is -0.459 e. The van der Waals surface area contributed by atoms with Crippen molar-refractivity contribution in [2.45, 2.75) is 39.5 Å². The summed E-state index contributed by atoms with van der Waals surface area (Å²) in [4.78, 5) is 48.6. The zero-order chi connectivity index (χ0) is 22.1. The summed E-state index contributed by atoms with van der Waals surface area (Å²) in [7, 11) is 0. The number of furan rings is 1. The van der Waals surface area contributed by atoms with Crippen molar-refractivity contribution in [2.24, 2.45) is 5.92 Å². The first kappa shape index (κ1) is 22.7. The molecule has 2 aromatic rings. The Kier molecular flexibility index (Phi) is 8.16. The van der Waals surface area contributed by atoms with Gasteiger partial charge in [0.25, 0.3) is 11.8 Å². The maximum atomic E-state index is 12.5. The van der Waals surface area contributed by atoms with E-state index in [9.17, 15) is 19.2 Å². The smallest absolute Gasteiger partial charge is 0.329 e. The van der Waals surface area contributed by atoms with Crippen molar-refractivity contribution in [1.82, 2.24) is 16.0 Å². The van der Waals surface area contributed by atoms with Crippen molar-refractivity contribution in [3.8, 4) is 0 Å². The van der Waals surface area contributed by atoms with Crippen LogP contribution in [0.4, 0.5) is 4.79 Å². The zero-order valence-corrected chi connectivity index (χ0v) is 17.0. The molecular formula is C21H25N3O6. The van der Waals surface area contributed by atoms with Crippen molar-refractivity contribution < 1.29 is 28.3 Å². The van der Waals surface area contributed by atoms with Crippen LogP contribution in [0.15, 0.2) is 53.1 Å². The molecule has 30 heavy (non-hydrogen) atoms. The van der Waals surface area contributed by atoms with E-state index in [2.05, 4.69) is 16.0 Å². The van der Waals surface area contributed by atoms with Crippen molar-refractivity contribution in [2.75, 3.05) is 0 Å². The first-order valence-electron chi connectivity index (χ1n) is 9.45. The van der Waals surface area contributed by atoms with E-state index in [4.69, 9.17) is 9.15 Å². The van der Waals surface area contributed by atoms with Gasteiger partial charge in [-0.25, -0.2) is 9.59 Å². The van der Waals surface area contributed by atoms with Gasteiger partial charge >= 0.3 is 12.0 Å². The van der Waals surface area contributed by atoms with Gasteiger partial charge < -0.3 is 19.8 Å². The van der Waals surface area contributed by atoms with Crippen LogP contribution in [0.5, 0.6) is 0 Å². The van der Waals surface area contributed by atoms with E-state index in [1.54, 1.807) is 19.9 Å². The third-order valence-corrected chi connectivity index (χ3v) is 4.15. The number of urea groups is 1. The highest BCUT2D eigenvalue weighted by atomic mass is 16.5.